The van der Waals surface area contributed by atoms with Gasteiger partial charge in [-0.05, 0) is 31.0 Å². The van der Waals surface area contributed by atoms with Crippen molar-refractivity contribution in [1.82, 2.24) is 0 Å². The quantitative estimate of drug-likeness (QED) is 0.941. The van der Waals surface area contributed by atoms with Crippen LogP contribution in [-0.4, -0.2) is 17.0 Å². The third-order valence-corrected chi connectivity index (χ3v) is 3.67. The molecule has 1 aliphatic heterocycles. The maximum atomic E-state index is 12.2. The maximum Gasteiger partial charge on any atom is 0.372 e. The van der Waals surface area contributed by atoms with Crippen LogP contribution in [0.3, 0.4) is 0 Å². The minimum Gasteiger partial charge on any atom is -0.475 e. The number of aromatic carboxylic acids is 1. The third kappa shape index (κ3) is 2.42. The van der Waals surface area contributed by atoms with Crippen LogP contribution in [0.1, 0.15) is 33.9 Å². The van der Waals surface area contributed by atoms with Gasteiger partial charge in [-0.2, -0.15) is 0 Å². The van der Waals surface area contributed by atoms with Gasteiger partial charge in [0.25, 0.3) is 0 Å². The zero-order valence-corrected chi connectivity index (χ0v) is 11.6. The second-order valence-corrected chi connectivity index (χ2v) is 5.14. The molecular formula is C16H15NO4. The number of para-hydroxylation sites is 1. The standard InChI is InChI=1S/C16H15NO4/c1-10-8-12(21-15(10)16(19)20)9-17-13-5-3-2-4-11(13)6-7-14(17)18/h2-5,8H,6-7,9H2,1H3,(H,19,20). The van der Waals surface area contributed by atoms with Gasteiger partial charge in [0.05, 0.1) is 6.54 Å². The molecule has 0 spiro atoms. The zero-order valence-electron chi connectivity index (χ0n) is 11.6. The van der Waals surface area contributed by atoms with Gasteiger partial charge in [0, 0.05) is 17.7 Å². The van der Waals surface area contributed by atoms with E-state index in [-0.39, 0.29) is 18.2 Å². The monoisotopic (exact) mass is 285 g/mol. The number of fused-ring (bicyclic) bond motifs is 1. The Labute approximate surface area is 121 Å². The number of nitrogens with zero attached hydrogens (tertiary/aromatic N) is 1. The van der Waals surface area contributed by atoms with E-state index in [0.29, 0.717) is 17.7 Å². The summed E-state index contributed by atoms with van der Waals surface area (Å²) in [6, 6.07) is 9.42. The van der Waals surface area contributed by atoms with E-state index in [0.717, 1.165) is 17.7 Å². The first-order valence-corrected chi connectivity index (χ1v) is 6.77. The predicted octanol–water partition coefficient (Wildman–Crippen LogP) is 2.77. The predicted molar refractivity (Wildman–Crippen MR) is 76.4 cm³/mol. The van der Waals surface area contributed by atoms with Crippen LogP contribution in [0.4, 0.5) is 5.69 Å². The topological polar surface area (TPSA) is 70.8 Å². The Balaban J connectivity index is 1.92. The summed E-state index contributed by atoms with van der Waals surface area (Å²) < 4.78 is 5.35. The SMILES string of the molecule is Cc1cc(CN2C(=O)CCc3ccccc32)oc1C(=O)O. The molecule has 108 valence electrons. The van der Waals surface area contributed by atoms with Gasteiger partial charge in [-0.15, -0.1) is 0 Å². The highest BCUT2D eigenvalue weighted by Crippen LogP contribution is 2.29. The van der Waals surface area contributed by atoms with Crippen molar-refractivity contribution in [2.45, 2.75) is 26.3 Å². The van der Waals surface area contributed by atoms with Crippen LogP contribution in [0.5, 0.6) is 0 Å². The fraction of sp³-hybridized carbons (Fsp3) is 0.250. The molecule has 0 fully saturated rings. The third-order valence-electron chi connectivity index (χ3n) is 3.67. The molecule has 3 rings (SSSR count). The number of rotatable bonds is 3. The number of aryl methyl sites for hydroxylation is 2. The highest BCUT2D eigenvalue weighted by molar-refractivity contribution is 5.96. The second kappa shape index (κ2) is 5.09. The van der Waals surface area contributed by atoms with Crippen LogP contribution in [-0.2, 0) is 17.8 Å². The molecule has 0 unspecified atom stereocenters. The number of hydrogen-bond acceptors (Lipinski definition) is 3. The number of amides is 1. The fourth-order valence-corrected chi connectivity index (χ4v) is 2.66. The minimum absolute atomic E-state index is 0.0274. The van der Waals surface area contributed by atoms with Crippen molar-refractivity contribution in [2.75, 3.05) is 4.90 Å². The molecule has 21 heavy (non-hydrogen) atoms. The van der Waals surface area contributed by atoms with Gasteiger partial charge in [0.1, 0.15) is 5.76 Å². The lowest BCUT2D eigenvalue weighted by atomic mass is 10.0. The Morgan fingerprint density at radius 1 is 1.33 bits per heavy atom. The van der Waals surface area contributed by atoms with Gasteiger partial charge >= 0.3 is 5.97 Å². The number of carboxylic acids is 1. The van der Waals surface area contributed by atoms with Gasteiger partial charge in [-0.3, -0.25) is 4.79 Å². The lowest BCUT2D eigenvalue weighted by Gasteiger charge is -2.28. The van der Waals surface area contributed by atoms with E-state index < -0.39 is 5.97 Å². The smallest absolute Gasteiger partial charge is 0.372 e. The molecule has 0 atom stereocenters. The van der Waals surface area contributed by atoms with Crippen LogP contribution in [0.25, 0.3) is 0 Å². The van der Waals surface area contributed by atoms with Crippen molar-refractivity contribution in [3.05, 3.63) is 53.0 Å². The van der Waals surface area contributed by atoms with Gasteiger partial charge in [-0.1, -0.05) is 18.2 Å². The minimum atomic E-state index is -1.09. The summed E-state index contributed by atoms with van der Waals surface area (Å²) in [6.45, 7) is 1.94. The first-order chi connectivity index (χ1) is 10.1. The Morgan fingerprint density at radius 2 is 2.10 bits per heavy atom. The summed E-state index contributed by atoms with van der Waals surface area (Å²) in [5.41, 5.74) is 2.56. The van der Waals surface area contributed by atoms with Crippen molar-refractivity contribution >= 4 is 17.6 Å². The molecule has 0 saturated carbocycles. The summed E-state index contributed by atoms with van der Waals surface area (Å²) in [5, 5.41) is 9.02. The second-order valence-electron chi connectivity index (χ2n) is 5.14. The molecule has 2 aromatic rings. The van der Waals surface area contributed by atoms with E-state index >= 15 is 0 Å². The first kappa shape index (κ1) is 13.4. The summed E-state index contributed by atoms with van der Waals surface area (Å²) in [4.78, 5) is 24.8. The molecule has 5 nitrogen and oxygen atoms in total. The van der Waals surface area contributed by atoms with Crippen LogP contribution in [0.15, 0.2) is 34.7 Å². The highest BCUT2D eigenvalue weighted by atomic mass is 16.4. The van der Waals surface area contributed by atoms with Crippen molar-refractivity contribution < 1.29 is 19.1 Å². The van der Waals surface area contributed by atoms with E-state index in [1.54, 1.807) is 17.9 Å². The van der Waals surface area contributed by atoms with Crippen LogP contribution in [0.2, 0.25) is 0 Å². The van der Waals surface area contributed by atoms with E-state index in [1.165, 1.54) is 0 Å². The maximum absolute atomic E-state index is 12.2. The summed E-state index contributed by atoms with van der Waals surface area (Å²) in [7, 11) is 0. The molecule has 0 aliphatic carbocycles. The molecule has 2 heterocycles. The van der Waals surface area contributed by atoms with Crippen LogP contribution in [0, 0.1) is 6.92 Å². The van der Waals surface area contributed by atoms with E-state index in [1.807, 2.05) is 24.3 Å². The summed E-state index contributed by atoms with van der Waals surface area (Å²) in [5.74, 6) is -0.651. The lowest BCUT2D eigenvalue weighted by molar-refractivity contribution is -0.119. The molecule has 1 aromatic carbocycles. The summed E-state index contributed by atoms with van der Waals surface area (Å²) in [6.07, 6.45) is 1.20. The fourth-order valence-electron chi connectivity index (χ4n) is 2.66. The van der Waals surface area contributed by atoms with E-state index in [2.05, 4.69) is 0 Å². The number of carbonyl (C=O) groups is 2. The average Bonchev–Trinajstić information content (AvgIpc) is 2.83. The zero-order chi connectivity index (χ0) is 15.0. The molecule has 1 amide bonds. The Bertz CT molecular complexity index is 717. The number of carboxylic acid groups (broad SMARTS) is 1. The van der Waals surface area contributed by atoms with Crippen molar-refractivity contribution in [3.63, 3.8) is 0 Å². The Morgan fingerprint density at radius 3 is 2.81 bits per heavy atom. The average molecular weight is 285 g/mol. The van der Waals surface area contributed by atoms with Gasteiger partial charge in [0.15, 0.2) is 0 Å². The van der Waals surface area contributed by atoms with Crippen molar-refractivity contribution in [2.24, 2.45) is 0 Å². The lowest BCUT2D eigenvalue weighted by Crippen LogP contribution is -2.34. The van der Waals surface area contributed by atoms with Crippen LogP contribution < -0.4 is 4.90 Å². The number of benzene rings is 1. The van der Waals surface area contributed by atoms with E-state index in [4.69, 9.17) is 9.52 Å². The molecule has 5 heteroatoms. The van der Waals surface area contributed by atoms with Crippen molar-refractivity contribution in [3.8, 4) is 0 Å². The molecular weight excluding hydrogens is 270 g/mol. The molecule has 1 aliphatic rings. The van der Waals surface area contributed by atoms with Gasteiger partial charge in [0.2, 0.25) is 11.7 Å². The number of anilines is 1. The molecule has 0 bridgehead atoms. The Hall–Kier alpha value is -2.56. The largest absolute Gasteiger partial charge is 0.475 e. The highest BCUT2D eigenvalue weighted by Gasteiger charge is 2.25. The van der Waals surface area contributed by atoms with Gasteiger partial charge < -0.3 is 14.4 Å². The number of furan rings is 1. The number of carbonyl (C=O) groups excluding carboxylic acids is 1. The number of hydrogen-bond donors (Lipinski definition) is 1. The van der Waals surface area contributed by atoms with Crippen LogP contribution >= 0.6 is 0 Å². The van der Waals surface area contributed by atoms with E-state index in [9.17, 15) is 9.59 Å². The van der Waals surface area contributed by atoms with Crippen molar-refractivity contribution in [1.29, 1.82) is 0 Å². The normalized spacial score (nSPS) is 14.1. The molecule has 0 radical (unpaired) electrons. The molecule has 1 aromatic heterocycles. The molecule has 0 saturated heterocycles. The molecule has 1 N–H and O–H groups in total. The first-order valence-electron chi connectivity index (χ1n) is 6.77. The Kier molecular flexibility index (Phi) is 3.25. The summed E-state index contributed by atoms with van der Waals surface area (Å²) >= 11 is 0. The van der Waals surface area contributed by atoms with Gasteiger partial charge in [-0.25, -0.2) is 4.79 Å².